The van der Waals surface area contributed by atoms with Crippen LogP contribution >= 0.6 is 0 Å². The normalized spacial score (nSPS) is 16.6. The molecule has 0 spiro atoms. The molecule has 1 heterocycles. The number of ether oxygens (including phenoxy) is 2. The lowest BCUT2D eigenvalue weighted by Crippen LogP contribution is -2.49. The molecule has 2 aromatic rings. The van der Waals surface area contributed by atoms with Crippen molar-refractivity contribution < 1.29 is 14.3 Å². The van der Waals surface area contributed by atoms with Crippen LogP contribution in [-0.2, 0) is 24.3 Å². The van der Waals surface area contributed by atoms with E-state index in [4.69, 9.17) is 15.2 Å². The van der Waals surface area contributed by atoms with Gasteiger partial charge in [-0.05, 0) is 48.1 Å². The van der Waals surface area contributed by atoms with E-state index in [0.717, 1.165) is 41.0 Å². The van der Waals surface area contributed by atoms with Gasteiger partial charge in [0.25, 0.3) is 0 Å². The van der Waals surface area contributed by atoms with Crippen molar-refractivity contribution in [3.63, 3.8) is 0 Å². The highest BCUT2D eigenvalue weighted by molar-refractivity contribution is 5.82. The molecule has 160 valence electrons. The summed E-state index contributed by atoms with van der Waals surface area (Å²) in [5, 5.41) is 3.50. The minimum absolute atomic E-state index is 0.158. The molecule has 0 aromatic heterocycles. The number of carbonyl (C=O) groups excluding carboxylic acids is 1. The first-order valence-corrected chi connectivity index (χ1v) is 10.8. The van der Waals surface area contributed by atoms with E-state index in [1.807, 2.05) is 42.3 Å². The molecule has 1 saturated carbocycles. The first-order valence-electron chi connectivity index (χ1n) is 10.8. The minimum Gasteiger partial charge on any atom is -0.454 e. The topological polar surface area (TPSA) is 76.8 Å². The predicted molar refractivity (Wildman–Crippen MR) is 116 cm³/mol. The lowest BCUT2D eigenvalue weighted by molar-refractivity contribution is -0.134. The third-order valence-corrected chi connectivity index (χ3v) is 6.21. The monoisotopic (exact) mass is 409 g/mol. The van der Waals surface area contributed by atoms with Crippen LogP contribution in [-0.4, -0.2) is 36.7 Å². The van der Waals surface area contributed by atoms with Crippen LogP contribution in [0.4, 0.5) is 0 Å². The number of fused-ring (bicyclic) bond motifs is 1. The summed E-state index contributed by atoms with van der Waals surface area (Å²) in [6.07, 6.45) is 5.26. The van der Waals surface area contributed by atoms with Gasteiger partial charge in [0.2, 0.25) is 12.7 Å². The van der Waals surface area contributed by atoms with E-state index >= 15 is 0 Å². The molecule has 2 aromatic carbocycles. The summed E-state index contributed by atoms with van der Waals surface area (Å²) in [5.41, 5.74) is 9.01. The number of nitrogens with zero attached hydrogens (tertiary/aromatic N) is 1. The summed E-state index contributed by atoms with van der Waals surface area (Å²) in [7, 11) is 1.95. The summed E-state index contributed by atoms with van der Waals surface area (Å²) in [4.78, 5) is 15.3. The molecule has 1 aliphatic carbocycles. The Morgan fingerprint density at radius 2 is 1.73 bits per heavy atom. The zero-order chi connectivity index (χ0) is 20.9. The van der Waals surface area contributed by atoms with E-state index in [9.17, 15) is 4.79 Å². The van der Waals surface area contributed by atoms with Gasteiger partial charge in [-0.3, -0.25) is 4.79 Å². The van der Waals surface area contributed by atoms with Crippen LogP contribution in [0.3, 0.4) is 0 Å². The summed E-state index contributed by atoms with van der Waals surface area (Å²) in [5.74, 6) is 1.69. The summed E-state index contributed by atoms with van der Waals surface area (Å²) >= 11 is 0. The Morgan fingerprint density at radius 3 is 2.47 bits per heavy atom. The molecule has 1 amide bonds. The molecule has 0 saturated heterocycles. The van der Waals surface area contributed by atoms with Crippen LogP contribution < -0.4 is 20.5 Å². The SMILES string of the molecule is CN(C(=O)[C@H](Cc1ccc(CN)cc1)NCc1ccc2c(c1)OCO2)C1CCCC1. The highest BCUT2D eigenvalue weighted by atomic mass is 16.7. The second-order valence-corrected chi connectivity index (χ2v) is 8.23. The maximum Gasteiger partial charge on any atom is 0.240 e. The zero-order valence-corrected chi connectivity index (χ0v) is 17.6. The number of carbonyl (C=O) groups is 1. The first kappa shape index (κ1) is 20.7. The Balaban J connectivity index is 1.47. The van der Waals surface area contributed by atoms with Crippen LogP contribution in [0, 0.1) is 0 Å². The molecule has 6 nitrogen and oxygen atoms in total. The molecule has 0 unspecified atom stereocenters. The second-order valence-electron chi connectivity index (χ2n) is 8.23. The summed E-state index contributed by atoms with van der Waals surface area (Å²) < 4.78 is 10.9. The molecule has 1 aliphatic heterocycles. The smallest absolute Gasteiger partial charge is 0.240 e. The van der Waals surface area contributed by atoms with Crippen LogP contribution in [0.2, 0.25) is 0 Å². The van der Waals surface area contributed by atoms with Gasteiger partial charge in [0.1, 0.15) is 0 Å². The van der Waals surface area contributed by atoms with E-state index < -0.39 is 0 Å². The third kappa shape index (κ3) is 4.77. The molecular weight excluding hydrogens is 378 g/mol. The quantitative estimate of drug-likeness (QED) is 0.701. The van der Waals surface area contributed by atoms with Gasteiger partial charge in [-0.15, -0.1) is 0 Å². The fraction of sp³-hybridized carbons (Fsp3) is 0.458. The molecule has 30 heavy (non-hydrogen) atoms. The van der Waals surface area contributed by atoms with Crippen LogP contribution in [0.25, 0.3) is 0 Å². The van der Waals surface area contributed by atoms with Gasteiger partial charge in [-0.1, -0.05) is 43.2 Å². The van der Waals surface area contributed by atoms with Gasteiger partial charge in [0.15, 0.2) is 11.5 Å². The Bertz CT molecular complexity index is 862. The molecule has 2 aliphatic rings. The number of hydrogen-bond donors (Lipinski definition) is 2. The van der Waals surface area contributed by atoms with E-state index in [2.05, 4.69) is 17.4 Å². The fourth-order valence-corrected chi connectivity index (χ4v) is 4.30. The Morgan fingerprint density at radius 1 is 1.07 bits per heavy atom. The van der Waals surface area contributed by atoms with Crippen molar-refractivity contribution in [1.82, 2.24) is 10.2 Å². The average molecular weight is 410 g/mol. The number of amides is 1. The molecule has 1 atom stereocenters. The van der Waals surface area contributed by atoms with Gasteiger partial charge in [-0.25, -0.2) is 0 Å². The van der Waals surface area contributed by atoms with Gasteiger partial charge >= 0.3 is 0 Å². The van der Waals surface area contributed by atoms with E-state index in [1.54, 1.807) is 0 Å². The number of hydrogen-bond acceptors (Lipinski definition) is 5. The average Bonchev–Trinajstić information content (AvgIpc) is 3.47. The van der Waals surface area contributed by atoms with Crippen molar-refractivity contribution in [2.24, 2.45) is 5.73 Å². The fourth-order valence-electron chi connectivity index (χ4n) is 4.30. The summed E-state index contributed by atoms with van der Waals surface area (Å²) in [6.45, 7) is 1.38. The molecule has 1 fully saturated rings. The number of likely N-dealkylation sites (N-methyl/N-ethyl adjacent to an activating group) is 1. The van der Waals surface area contributed by atoms with Crippen molar-refractivity contribution in [2.45, 2.75) is 57.3 Å². The molecule has 6 heteroatoms. The highest BCUT2D eigenvalue weighted by Crippen LogP contribution is 2.32. The van der Waals surface area contributed by atoms with Gasteiger partial charge in [-0.2, -0.15) is 0 Å². The van der Waals surface area contributed by atoms with E-state index in [1.165, 1.54) is 12.8 Å². The standard InChI is InChI=1S/C24H31N3O3/c1-27(20-4-2-3-5-20)24(28)21(12-17-6-8-18(14-25)9-7-17)26-15-19-10-11-22-23(13-19)30-16-29-22/h6-11,13,20-21,26H,2-5,12,14-16,25H2,1H3/t21-/m0/s1. The number of nitrogens with one attached hydrogen (secondary N) is 1. The molecule has 4 rings (SSSR count). The molecule has 3 N–H and O–H groups in total. The highest BCUT2D eigenvalue weighted by Gasteiger charge is 2.29. The zero-order valence-electron chi connectivity index (χ0n) is 17.6. The Labute approximate surface area is 178 Å². The predicted octanol–water partition coefficient (Wildman–Crippen LogP) is 2.98. The van der Waals surface area contributed by atoms with Crippen molar-refractivity contribution >= 4 is 5.91 Å². The number of rotatable bonds is 8. The van der Waals surface area contributed by atoms with Crippen molar-refractivity contribution in [1.29, 1.82) is 0 Å². The number of benzene rings is 2. The number of nitrogens with two attached hydrogens (primary N) is 1. The lowest BCUT2D eigenvalue weighted by atomic mass is 10.0. The maximum absolute atomic E-state index is 13.4. The van der Waals surface area contributed by atoms with Crippen molar-refractivity contribution in [2.75, 3.05) is 13.8 Å². The Hall–Kier alpha value is -2.57. The Kier molecular flexibility index (Phi) is 6.55. The van der Waals surface area contributed by atoms with Crippen molar-refractivity contribution in [3.05, 3.63) is 59.2 Å². The molecular formula is C24H31N3O3. The summed E-state index contributed by atoms with van der Waals surface area (Å²) in [6, 6.07) is 14.2. The molecule has 0 radical (unpaired) electrons. The van der Waals surface area contributed by atoms with Crippen LogP contribution in [0.15, 0.2) is 42.5 Å². The van der Waals surface area contributed by atoms with Gasteiger partial charge in [0.05, 0.1) is 6.04 Å². The van der Waals surface area contributed by atoms with Crippen LogP contribution in [0.5, 0.6) is 11.5 Å². The lowest BCUT2D eigenvalue weighted by Gasteiger charge is -2.29. The largest absolute Gasteiger partial charge is 0.454 e. The second kappa shape index (κ2) is 9.49. The van der Waals surface area contributed by atoms with E-state index in [0.29, 0.717) is 25.6 Å². The van der Waals surface area contributed by atoms with Gasteiger partial charge in [0, 0.05) is 26.2 Å². The molecule has 0 bridgehead atoms. The minimum atomic E-state index is -0.287. The van der Waals surface area contributed by atoms with E-state index in [-0.39, 0.29) is 18.7 Å². The third-order valence-electron chi connectivity index (χ3n) is 6.21. The van der Waals surface area contributed by atoms with Gasteiger partial charge < -0.3 is 25.4 Å². The van der Waals surface area contributed by atoms with Crippen LogP contribution in [0.1, 0.15) is 42.4 Å². The van der Waals surface area contributed by atoms with Crippen molar-refractivity contribution in [3.8, 4) is 11.5 Å². The first-order chi connectivity index (χ1) is 14.6. The maximum atomic E-state index is 13.4.